The minimum Gasteiger partial charge on any atom is -0.155 e. The van der Waals surface area contributed by atoms with Crippen molar-refractivity contribution in [2.24, 2.45) is 0 Å². The van der Waals surface area contributed by atoms with Gasteiger partial charge in [0, 0.05) is 10.5 Å². The van der Waals surface area contributed by atoms with Crippen LogP contribution in [0.25, 0.3) is 0 Å². The Kier molecular flexibility index (Phi) is 9.17. The molecule has 0 saturated heterocycles. The van der Waals surface area contributed by atoms with Crippen molar-refractivity contribution in [3.05, 3.63) is 0 Å². The monoisotopic (exact) mass is 202 g/mol. The molecule has 0 bridgehead atoms. The van der Waals surface area contributed by atoms with Crippen molar-refractivity contribution >= 4 is 11.8 Å². The highest BCUT2D eigenvalue weighted by atomic mass is 32.2. The Balaban J connectivity index is 3.73. The zero-order valence-corrected chi connectivity index (χ0v) is 10.6. The smallest absolute Gasteiger partial charge is 0.00471 e. The molecule has 0 radical (unpaired) electrons. The van der Waals surface area contributed by atoms with Crippen LogP contribution in [0.2, 0.25) is 0 Å². The highest BCUT2D eigenvalue weighted by Gasteiger charge is 2.12. The molecule has 0 aliphatic carbocycles. The topological polar surface area (TPSA) is 0 Å². The molecule has 0 heterocycles. The highest BCUT2D eigenvalue weighted by molar-refractivity contribution is 8.00. The molecule has 0 aromatic rings. The Bertz CT molecular complexity index is 89.3. The van der Waals surface area contributed by atoms with E-state index in [0.717, 1.165) is 10.5 Å². The van der Waals surface area contributed by atoms with Crippen LogP contribution in [0.1, 0.15) is 66.2 Å². The molecule has 0 nitrogen and oxygen atoms in total. The van der Waals surface area contributed by atoms with Crippen molar-refractivity contribution in [2.75, 3.05) is 0 Å². The van der Waals surface area contributed by atoms with Crippen LogP contribution >= 0.6 is 11.8 Å². The lowest BCUT2D eigenvalue weighted by Gasteiger charge is -2.20. The first-order chi connectivity index (χ1) is 6.28. The summed E-state index contributed by atoms with van der Waals surface area (Å²) < 4.78 is 0. The van der Waals surface area contributed by atoms with Gasteiger partial charge in [0.1, 0.15) is 0 Å². The first-order valence-corrected chi connectivity index (χ1v) is 6.88. The van der Waals surface area contributed by atoms with Gasteiger partial charge in [0.2, 0.25) is 0 Å². The summed E-state index contributed by atoms with van der Waals surface area (Å²) in [5.41, 5.74) is 0. The third-order valence-electron chi connectivity index (χ3n) is 2.52. The second kappa shape index (κ2) is 8.93. The van der Waals surface area contributed by atoms with E-state index in [1.54, 1.807) is 0 Å². The number of hydrogen-bond acceptors (Lipinski definition) is 1. The Labute approximate surface area is 88.9 Å². The van der Waals surface area contributed by atoms with Gasteiger partial charge in [0.15, 0.2) is 0 Å². The molecule has 2 unspecified atom stereocenters. The van der Waals surface area contributed by atoms with Crippen molar-refractivity contribution < 1.29 is 0 Å². The summed E-state index contributed by atoms with van der Waals surface area (Å²) >= 11 is 2.24. The van der Waals surface area contributed by atoms with E-state index in [-0.39, 0.29) is 0 Å². The zero-order chi connectivity index (χ0) is 10.1. The third-order valence-corrected chi connectivity index (χ3v) is 4.42. The molecule has 0 aliphatic heterocycles. The molecule has 0 fully saturated rings. The molecule has 0 aliphatic rings. The molecular weight excluding hydrogens is 176 g/mol. The Morgan fingerprint density at radius 2 is 1.15 bits per heavy atom. The van der Waals surface area contributed by atoms with Gasteiger partial charge < -0.3 is 0 Å². The summed E-state index contributed by atoms with van der Waals surface area (Å²) in [5, 5.41) is 1.84. The molecule has 0 spiro atoms. The van der Waals surface area contributed by atoms with Crippen molar-refractivity contribution in [3.8, 4) is 0 Å². The lowest BCUT2D eigenvalue weighted by molar-refractivity contribution is 0.685. The Morgan fingerprint density at radius 3 is 1.38 bits per heavy atom. The van der Waals surface area contributed by atoms with Gasteiger partial charge >= 0.3 is 0 Å². The van der Waals surface area contributed by atoms with E-state index in [1.165, 1.54) is 38.5 Å². The SMILES string of the molecule is CCCC(CC)SC(CC)CCC. The molecule has 2 atom stereocenters. The molecule has 0 N–H and O–H groups in total. The lowest BCUT2D eigenvalue weighted by atomic mass is 10.2. The van der Waals surface area contributed by atoms with Crippen molar-refractivity contribution in [1.29, 1.82) is 0 Å². The van der Waals surface area contributed by atoms with E-state index in [9.17, 15) is 0 Å². The molecule has 13 heavy (non-hydrogen) atoms. The van der Waals surface area contributed by atoms with Gasteiger partial charge in [-0.25, -0.2) is 0 Å². The van der Waals surface area contributed by atoms with Gasteiger partial charge in [-0.2, -0.15) is 11.8 Å². The Morgan fingerprint density at radius 1 is 0.769 bits per heavy atom. The summed E-state index contributed by atoms with van der Waals surface area (Å²) in [6.07, 6.45) is 8.18. The van der Waals surface area contributed by atoms with Crippen LogP contribution in [0, 0.1) is 0 Å². The predicted octanol–water partition coefficient (Wildman–Crippen LogP) is 4.88. The van der Waals surface area contributed by atoms with E-state index in [4.69, 9.17) is 0 Å². The van der Waals surface area contributed by atoms with E-state index in [1.807, 2.05) is 0 Å². The van der Waals surface area contributed by atoms with Gasteiger partial charge in [-0.05, 0) is 25.7 Å². The van der Waals surface area contributed by atoms with E-state index < -0.39 is 0 Å². The fourth-order valence-corrected chi connectivity index (χ4v) is 3.33. The summed E-state index contributed by atoms with van der Waals surface area (Å²) in [6.45, 7) is 9.24. The van der Waals surface area contributed by atoms with Crippen molar-refractivity contribution in [3.63, 3.8) is 0 Å². The molecular formula is C12H26S. The maximum absolute atomic E-state index is 2.33. The molecule has 0 aromatic carbocycles. The number of thioether (sulfide) groups is 1. The van der Waals surface area contributed by atoms with Crippen LogP contribution in [0.3, 0.4) is 0 Å². The third kappa shape index (κ3) is 6.42. The summed E-state index contributed by atoms with van der Waals surface area (Å²) in [4.78, 5) is 0. The van der Waals surface area contributed by atoms with E-state index in [0.29, 0.717) is 0 Å². The fourth-order valence-electron chi connectivity index (χ4n) is 1.65. The zero-order valence-electron chi connectivity index (χ0n) is 9.81. The fraction of sp³-hybridized carbons (Fsp3) is 1.00. The van der Waals surface area contributed by atoms with Crippen molar-refractivity contribution in [2.45, 2.75) is 76.7 Å². The van der Waals surface area contributed by atoms with Crippen LogP contribution < -0.4 is 0 Å². The molecule has 0 amide bonds. The van der Waals surface area contributed by atoms with Gasteiger partial charge in [0.25, 0.3) is 0 Å². The van der Waals surface area contributed by atoms with Crippen LogP contribution in [0.5, 0.6) is 0 Å². The summed E-state index contributed by atoms with van der Waals surface area (Å²) in [5.74, 6) is 0. The minimum atomic E-state index is 0.918. The van der Waals surface area contributed by atoms with Gasteiger partial charge in [-0.3, -0.25) is 0 Å². The van der Waals surface area contributed by atoms with Crippen molar-refractivity contribution in [1.82, 2.24) is 0 Å². The average molecular weight is 202 g/mol. The average Bonchev–Trinajstić information content (AvgIpc) is 2.16. The minimum absolute atomic E-state index is 0.918. The standard InChI is InChI=1S/C12H26S/c1-5-9-11(7-3)13-12(8-4)10-6-2/h11-12H,5-10H2,1-4H3. The van der Waals surface area contributed by atoms with Gasteiger partial charge in [0.05, 0.1) is 0 Å². The first kappa shape index (κ1) is 13.4. The van der Waals surface area contributed by atoms with Crippen LogP contribution in [0.15, 0.2) is 0 Å². The Hall–Kier alpha value is 0.350. The molecule has 0 rings (SSSR count). The number of hydrogen-bond donors (Lipinski definition) is 0. The summed E-state index contributed by atoms with van der Waals surface area (Å²) in [7, 11) is 0. The first-order valence-electron chi connectivity index (χ1n) is 5.93. The molecule has 80 valence electrons. The van der Waals surface area contributed by atoms with Crippen LogP contribution in [-0.4, -0.2) is 10.5 Å². The maximum Gasteiger partial charge on any atom is 0.00471 e. The molecule has 0 aromatic heterocycles. The number of rotatable bonds is 8. The quantitative estimate of drug-likeness (QED) is 0.541. The maximum atomic E-state index is 2.33. The van der Waals surface area contributed by atoms with Gasteiger partial charge in [-0.15, -0.1) is 0 Å². The summed E-state index contributed by atoms with van der Waals surface area (Å²) in [6, 6.07) is 0. The lowest BCUT2D eigenvalue weighted by Crippen LogP contribution is -2.09. The second-order valence-corrected chi connectivity index (χ2v) is 5.38. The highest BCUT2D eigenvalue weighted by Crippen LogP contribution is 2.28. The second-order valence-electron chi connectivity index (χ2n) is 3.77. The van der Waals surface area contributed by atoms with Crippen LogP contribution in [-0.2, 0) is 0 Å². The van der Waals surface area contributed by atoms with Gasteiger partial charge in [-0.1, -0.05) is 40.5 Å². The van der Waals surface area contributed by atoms with Crippen LogP contribution in [0.4, 0.5) is 0 Å². The van der Waals surface area contributed by atoms with E-state index in [2.05, 4.69) is 39.5 Å². The predicted molar refractivity (Wildman–Crippen MR) is 65.6 cm³/mol. The largest absolute Gasteiger partial charge is 0.155 e. The molecule has 1 heteroatoms. The normalized spacial score (nSPS) is 15.7. The van der Waals surface area contributed by atoms with E-state index >= 15 is 0 Å². The molecule has 0 saturated carbocycles.